The zero-order valence-electron chi connectivity index (χ0n) is 13.0. The zero-order valence-corrected chi connectivity index (χ0v) is 14.6. The van der Waals surface area contributed by atoms with Crippen LogP contribution in [-0.4, -0.2) is 48.3 Å². The molecule has 0 saturated carbocycles. The van der Waals surface area contributed by atoms with Crippen LogP contribution in [0.1, 0.15) is 31.1 Å². The van der Waals surface area contributed by atoms with Gasteiger partial charge in [-0.1, -0.05) is 0 Å². The van der Waals surface area contributed by atoms with Gasteiger partial charge in [-0.2, -0.15) is 4.31 Å². The Hall–Kier alpha value is -1.45. The van der Waals surface area contributed by atoms with E-state index >= 15 is 0 Å². The van der Waals surface area contributed by atoms with E-state index in [0.29, 0.717) is 19.4 Å². The van der Waals surface area contributed by atoms with Gasteiger partial charge in [-0.05, 0) is 38.8 Å². The first kappa shape index (κ1) is 17.9. The van der Waals surface area contributed by atoms with Gasteiger partial charge in [0.1, 0.15) is 10.3 Å². The van der Waals surface area contributed by atoms with E-state index in [1.54, 1.807) is 19.1 Å². The Kier molecular flexibility index (Phi) is 5.43. The van der Waals surface area contributed by atoms with Crippen LogP contribution in [0.4, 0.5) is 0 Å². The first-order valence-corrected chi connectivity index (χ1v) is 9.58. The average molecular weight is 360 g/mol. The van der Waals surface area contributed by atoms with Gasteiger partial charge in [0.05, 0.1) is 6.42 Å². The molecular weight excluding hydrogens is 340 g/mol. The monoisotopic (exact) mass is 360 g/mol. The number of hydrogen-bond donors (Lipinski definition) is 2. The number of hydrogen-bond acceptors (Lipinski definition) is 5. The van der Waals surface area contributed by atoms with Crippen LogP contribution in [0, 0.1) is 6.92 Å². The summed E-state index contributed by atoms with van der Waals surface area (Å²) in [6.45, 7) is 3.71. The van der Waals surface area contributed by atoms with Crippen molar-refractivity contribution in [1.29, 1.82) is 0 Å². The van der Waals surface area contributed by atoms with Gasteiger partial charge in [0, 0.05) is 17.5 Å². The summed E-state index contributed by atoms with van der Waals surface area (Å²) in [4.78, 5) is 23.9. The summed E-state index contributed by atoms with van der Waals surface area (Å²) < 4.78 is 26.8. The highest BCUT2D eigenvalue weighted by Crippen LogP contribution is 2.30. The molecule has 1 aromatic heterocycles. The molecule has 2 N–H and O–H groups in total. The highest BCUT2D eigenvalue weighted by molar-refractivity contribution is 7.91. The number of thiophene rings is 1. The van der Waals surface area contributed by atoms with Crippen LogP contribution >= 0.6 is 11.3 Å². The maximum atomic E-state index is 12.7. The molecule has 7 nitrogen and oxygen atoms in total. The minimum atomic E-state index is -3.70. The number of sulfonamides is 1. The SMILES string of the molecule is Cc1ccc(S(=O)(=O)N2CCCC2C(=O)NC(C)CC(=O)O)s1. The predicted molar refractivity (Wildman–Crippen MR) is 85.8 cm³/mol. The van der Waals surface area contributed by atoms with Crippen molar-refractivity contribution in [2.24, 2.45) is 0 Å². The average Bonchev–Trinajstić information content (AvgIpc) is 3.06. The van der Waals surface area contributed by atoms with Crippen LogP contribution < -0.4 is 5.32 Å². The van der Waals surface area contributed by atoms with Crippen LogP contribution in [-0.2, 0) is 19.6 Å². The van der Waals surface area contributed by atoms with Gasteiger partial charge in [-0.15, -0.1) is 11.3 Å². The van der Waals surface area contributed by atoms with E-state index in [2.05, 4.69) is 5.32 Å². The van der Waals surface area contributed by atoms with Crippen LogP contribution in [0.25, 0.3) is 0 Å². The van der Waals surface area contributed by atoms with Crippen LogP contribution in [0.5, 0.6) is 0 Å². The number of carbonyl (C=O) groups is 2. The minimum Gasteiger partial charge on any atom is -0.481 e. The first-order valence-electron chi connectivity index (χ1n) is 7.32. The third-order valence-electron chi connectivity index (χ3n) is 3.65. The van der Waals surface area contributed by atoms with E-state index in [-0.39, 0.29) is 10.6 Å². The van der Waals surface area contributed by atoms with Gasteiger partial charge in [0.2, 0.25) is 5.91 Å². The summed E-state index contributed by atoms with van der Waals surface area (Å²) in [5, 5.41) is 11.3. The van der Waals surface area contributed by atoms with Gasteiger partial charge in [0.15, 0.2) is 0 Å². The summed E-state index contributed by atoms with van der Waals surface area (Å²) in [5.41, 5.74) is 0. The number of carbonyl (C=O) groups excluding carboxylic acids is 1. The minimum absolute atomic E-state index is 0.199. The second-order valence-corrected chi connectivity index (χ2v) is 9.05. The van der Waals surface area contributed by atoms with Crippen molar-refractivity contribution in [2.45, 2.75) is 49.4 Å². The van der Waals surface area contributed by atoms with Gasteiger partial charge in [0.25, 0.3) is 10.0 Å². The summed E-state index contributed by atoms with van der Waals surface area (Å²) in [7, 11) is -3.70. The summed E-state index contributed by atoms with van der Waals surface area (Å²) >= 11 is 1.18. The number of carboxylic acids is 1. The third kappa shape index (κ3) is 4.10. The molecule has 23 heavy (non-hydrogen) atoms. The van der Waals surface area contributed by atoms with Gasteiger partial charge in [-0.3, -0.25) is 9.59 Å². The molecule has 2 heterocycles. The van der Waals surface area contributed by atoms with E-state index in [4.69, 9.17) is 5.11 Å². The van der Waals surface area contributed by atoms with E-state index in [0.717, 1.165) is 4.88 Å². The molecule has 2 rings (SSSR count). The Morgan fingerprint density at radius 3 is 2.74 bits per heavy atom. The lowest BCUT2D eigenvalue weighted by Gasteiger charge is -2.24. The molecule has 0 aromatic carbocycles. The molecule has 2 atom stereocenters. The third-order valence-corrected chi connectivity index (χ3v) is 7.03. The highest BCUT2D eigenvalue weighted by Gasteiger charge is 2.40. The lowest BCUT2D eigenvalue weighted by atomic mass is 10.2. The molecule has 1 amide bonds. The smallest absolute Gasteiger partial charge is 0.305 e. The van der Waals surface area contributed by atoms with Crippen molar-refractivity contribution < 1.29 is 23.1 Å². The number of nitrogens with one attached hydrogen (secondary N) is 1. The lowest BCUT2D eigenvalue weighted by Crippen LogP contribution is -2.48. The van der Waals surface area contributed by atoms with Crippen molar-refractivity contribution in [3.8, 4) is 0 Å². The van der Waals surface area contributed by atoms with Crippen molar-refractivity contribution in [3.05, 3.63) is 17.0 Å². The molecule has 0 bridgehead atoms. The molecule has 0 radical (unpaired) electrons. The Morgan fingerprint density at radius 2 is 2.17 bits per heavy atom. The predicted octanol–water partition coefficient (Wildman–Crippen LogP) is 1.19. The maximum Gasteiger partial charge on any atom is 0.305 e. The molecule has 0 spiro atoms. The first-order chi connectivity index (χ1) is 10.7. The zero-order chi connectivity index (χ0) is 17.2. The molecule has 128 valence electrons. The molecular formula is C14H20N2O5S2. The number of carboxylic acid groups (broad SMARTS) is 1. The molecule has 1 aliphatic heterocycles. The second-order valence-electron chi connectivity index (χ2n) is 5.65. The fourth-order valence-corrected chi connectivity index (χ4v) is 5.68. The van der Waals surface area contributed by atoms with Crippen molar-refractivity contribution in [1.82, 2.24) is 9.62 Å². The van der Waals surface area contributed by atoms with Gasteiger partial charge in [-0.25, -0.2) is 8.42 Å². The second kappa shape index (κ2) is 6.98. The maximum absolute atomic E-state index is 12.7. The molecule has 2 unspecified atom stereocenters. The summed E-state index contributed by atoms with van der Waals surface area (Å²) in [6, 6.07) is 1.96. The number of amides is 1. The Labute approximate surface area is 139 Å². The number of aliphatic carboxylic acids is 1. The highest BCUT2D eigenvalue weighted by atomic mass is 32.2. The molecule has 1 fully saturated rings. The normalized spacial score (nSPS) is 20.3. The van der Waals surface area contributed by atoms with E-state index in [1.165, 1.54) is 15.6 Å². The van der Waals surface area contributed by atoms with Crippen molar-refractivity contribution >= 4 is 33.2 Å². The Bertz CT molecular complexity index is 698. The topological polar surface area (TPSA) is 104 Å². The molecule has 1 saturated heterocycles. The van der Waals surface area contributed by atoms with Crippen molar-refractivity contribution in [3.63, 3.8) is 0 Å². The van der Waals surface area contributed by atoms with E-state index in [9.17, 15) is 18.0 Å². The summed E-state index contributed by atoms with van der Waals surface area (Å²) in [5.74, 6) is -1.45. The summed E-state index contributed by atoms with van der Waals surface area (Å²) in [6.07, 6.45) is 0.847. The van der Waals surface area contributed by atoms with Crippen molar-refractivity contribution in [2.75, 3.05) is 6.54 Å². The Balaban J connectivity index is 2.13. The van der Waals surface area contributed by atoms with Crippen LogP contribution in [0.15, 0.2) is 16.3 Å². The molecule has 1 aliphatic rings. The van der Waals surface area contributed by atoms with E-state index in [1.807, 2.05) is 6.92 Å². The van der Waals surface area contributed by atoms with Gasteiger partial charge < -0.3 is 10.4 Å². The van der Waals surface area contributed by atoms with Gasteiger partial charge >= 0.3 is 5.97 Å². The number of aryl methyl sites for hydroxylation is 1. The quantitative estimate of drug-likeness (QED) is 0.793. The standard InChI is InChI=1S/C14H20N2O5S2/c1-9(8-12(17)18)15-14(19)11-4-3-7-16(11)23(20,21)13-6-5-10(2)22-13/h5-6,9,11H,3-4,7-8H2,1-2H3,(H,15,19)(H,17,18). The fourth-order valence-electron chi connectivity index (χ4n) is 2.61. The number of nitrogens with zero attached hydrogens (tertiary/aromatic N) is 1. The molecule has 1 aromatic rings. The van der Waals surface area contributed by atoms with E-state index < -0.39 is 34.0 Å². The number of rotatable bonds is 6. The fraction of sp³-hybridized carbons (Fsp3) is 0.571. The largest absolute Gasteiger partial charge is 0.481 e. The molecule has 9 heteroatoms. The Morgan fingerprint density at radius 1 is 1.48 bits per heavy atom. The van der Waals surface area contributed by atoms with Crippen LogP contribution in [0.3, 0.4) is 0 Å². The molecule has 0 aliphatic carbocycles. The lowest BCUT2D eigenvalue weighted by molar-refractivity contribution is -0.137. The van der Waals surface area contributed by atoms with Crippen LogP contribution in [0.2, 0.25) is 0 Å².